The lowest BCUT2D eigenvalue weighted by Gasteiger charge is -2.50. The van der Waals surface area contributed by atoms with Crippen molar-refractivity contribution in [3.63, 3.8) is 0 Å². The van der Waals surface area contributed by atoms with Crippen LogP contribution in [-0.2, 0) is 9.53 Å². The van der Waals surface area contributed by atoms with E-state index in [1.54, 1.807) is 12.1 Å². The molecule has 2 N–H and O–H groups in total. The zero-order valence-corrected chi connectivity index (χ0v) is 20.5. The van der Waals surface area contributed by atoms with Gasteiger partial charge in [0.2, 0.25) is 5.91 Å². The van der Waals surface area contributed by atoms with E-state index in [2.05, 4.69) is 39.4 Å². The van der Waals surface area contributed by atoms with Crippen LogP contribution in [0.3, 0.4) is 0 Å². The van der Waals surface area contributed by atoms with Crippen molar-refractivity contribution in [2.24, 2.45) is 5.92 Å². The standard InChI is InChI=1S/C24H27F4N5O2S/c1-23(13-35-14-23)32-11-9-17(16(25)12-32)30-20-6-2-5-19-21(36-24(26,27)28)18(31-33(19)20)4-3-10-29-22(34)15-7-8-15/h2,5-6,15-17,30H,7-14H2,1H3,(H,29,34)/t16-,17+/m0/s1. The molecule has 2 aliphatic heterocycles. The van der Waals surface area contributed by atoms with Crippen molar-refractivity contribution in [1.82, 2.24) is 19.8 Å². The van der Waals surface area contributed by atoms with Crippen molar-refractivity contribution < 1.29 is 27.1 Å². The molecule has 0 radical (unpaired) electrons. The first-order chi connectivity index (χ1) is 17.1. The molecule has 12 heteroatoms. The number of nitrogens with one attached hydrogen (secondary N) is 2. The van der Waals surface area contributed by atoms with Crippen molar-refractivity contribution in [2.45, 2.75) is 54.3 Å². The molecule has 0 unspecified atom stereocenters. The van der Waals surface area contributed by atoms with Gasteiger partial charge in [-0.25, -0.2) is 8.91 Å². The van der Waals surface area contributed by atoms with Gasteiger partial charge in [0.1, 0.15) is 17.7 Å². The lowest BCUT2D eigenvalue weighted by atomic mass is 9.92. The third-order valence-electron chi connectivity index (χ3n) is 6.80. The fourth-order valence-electron chi connectivity index (χ4n) is 4.53. The fourth-order valence-corrected chi connectivity index (χ4v) is 5.21. The molecule has 4 heterocycles. The molecule has 7 nitrogen and oxygen atoms in total. The van der Waals surface area contributed by atoms with E-state index in [4.69, 9.17) is 4.74 Å². The number of likely N-dealkylation sites (tertiary alicyclic amines) is 1. The summed E-state index contributed by atoms with van der Waals surface area (Å²) in [5, 5.41) is 10.2. The number of ether oxygens (including phenoxy) is 1. The molecular weight excluding hydrogens is 498 g/mol. The van der Waals surface area contributed by atoms with Crippen molar-refractivity contribution in [3.8, 4) is 11.8 Å². The molecule has 2 aromatic heterocycles. The van der Waals surface area contributed by atoms with Gasteiger partial charge in [0.25, 0.3) is 0 Å². The molecule has 1 amide bonds. The summed E-state index contributed by atoms with van der Waals surface area (Å²) in [5.74, 6) is 5.70. The van der Waals surface area contributed by atoms with Crippen molar-refractivity contribution >= 4 is 29.0 Å². The second kappa shape index (κ2) is 9.76. The number of aromatic nitrogens is 2. The molecule has 0 spiro atoms. The first-order valence-corrected chi connectivity index (χ1v) is 12.7. The smallest absolute Gasteiger partial charge is 0.377 e. The van der Waals surface area contributed by atoms with Gasteiger partial charge < -0.3 is 15.4 Å². The molecule has 3 fully saturated rings. The minimum absolute atomic E-state index is 0.0167. The number of carbonyl (C=O) groups is 1. The zero-order valence-electron chi connectivity index (χ0n) is 19.7. The Morgan fingerprint density at radius 3 is 2.72 bits per heavy atom. The van der Waals surface area contributed by atoms with Crippen LogP contribution < -0.4 is 10.6 Å². The molecule has 3 aliphatic rings. The first-order valence-electron chi connectivity index (χ1n) is 11.9. The number of alkyl halides is 4. The number of anilines is 1. The maximum atomic E-state index is 15.1. The van der Waals surface area contributed by atoms with Gasteiger partial charge in [0, 0.05) is 19.0 Å². The Hall–Kier alpha value is -2.49. The predicted molar refractivity (Wildman–Crippen MR) is 127 cm³/mol. The number of thioether (sulfide) groups is 1. The summed E-state index contributed by atoms with van der Waals surface area (Å²) in [4.78, 5) is 13.7. The molecule has 194 valence electrons. The van der Waals surface area contributed by atoms with E-state index < -0.39 is 17.7 Å². The van der Waals surface area contributed by atoms with Crippen molar-refractivity contribution in [3.05, 3.63) is 23.9 Å². The highest BCUT2D eigenvalue weighted by Gasteiger charge is 2.43. The number of amides is 1. The summed E-state index contributed by atoms with van der Waals surface area (Å²) >= 11 is -0.284. The number of pyridine rings is 1. The maximum absolute atomic E-state index is 15.1. The maximum Gasteiger partial charge on any atom is 0.446 e. The quantitative estimate of drug-likeness (QED) is 0.342. The second-order valence-corrected chi connectivity index (χ2v) is 10.8. The highest BCUT2D eigenvalue weighted by atomic mass is 32.2. The Bertz CT molecular complexity index is 1200. The minimum atomic E-state index is -4.54. The number of rotatable bonds is 6. The van der Waals surface area contributed by atoms with Gasteiger partial charge in [-0.3, -0.25) is 9.69 Å². The molecular formula is C24H27F4N5O2S. The third kappa shape index (κ3) is 5.43. The van der Waals surface area contributed by atoms with E-state index in [1.807, 2.05) is 0 Å². The van der Waals surface area contributed by atoms with Crippen LogP contribution in [0.5, 0.6) is 0 Å². The Balaban J connectivity index is 1.36. The van der Waals surface area contributed by atoms with E-state index in [-0.39, 0.29) is 58.3 Å². The Morgan fingerprint density at radius 2 is 2.08 bits per heavy atom. The van der Waals surface area contributed by atoms with Gasteiger partial charge in [-0.2, -0.15) is 18.3 Å². The van der Waals surface area contributed by atoms with Crippen LogP contribution in [0.15, 0.2) is 23.1 Å². The van der Waals surface area contributed by atoms with Crippen LogP contribution in [0.4, 0.5) is 23.4 Å². The van der Waals surface area contributed by atoms with Gasteiger partial charge in [0.15, 0.2) is 0 Å². The van der Waals surface area contributed by atoms with Gasteiger partial charge in [-0.15, -0.1) is 0 Å². The largest absolute Gasteiger partial charge is 0.446 e. The van der Waals surface area contributed by atoms with Crippen molar-refractivity contribution in [2.75, 3.05) is 38.2 Å². The number of nitrogens with zero attached hydrogens (tertiary/aromatic N) is 3. The Labute approximate surface area is 210 Å². The molecule has 2 atom stereocenters. The van der Waals surface area contributed by atoms with Gasteiger partial charge >= 0.3 is 5.51 Å². The Kier molecular flexibility index (Phi) is 6.82. The number of carbonyl (C=O) groups excluding carboxylic acids is 1. The van der Waals surface area contributed by atoms with Gasteiger partial charge in [-0.1, -0.05) is 12.0 Å². The van der Waals surface area contributed by atoms with E-state index in [1.165, 1.54) is 10.6 Å². The lowest BCUT2D eigenvalue weighted by molar-refractivity contribution is -0.142. The highest BCUT2D eigenvalue weighted by molar-refractivity contribution is 8.00. The van der Waals surface area contributed by atoms with Crippen LogP contribution in [0.25, 0.3) is 5.52 Å². The average molecular weight is 526 g/mol. The normalized spacial score (nSPS) is 24.0. The van der Waals surface area contributed by atoms with E-state index in [0.717, 1.165) is 12.8 Å². The predicted octanol–water partition coefficient (Wildman–Crippen LogP) is 3.44. The number of hydrogen-bond acceptors (Lipinski definition) is 6. The van der Waals surface area contributed by atoms with Crippen LogP contribution in [-0.4, -0.2) is 76.5 Å². The topological polar surface area (TPSA) is 70.9 Å². The zero-order chi connectivity index (χ0) is 25.5. The number of piperidine rings is 1. The van der Waals surface area contributed by atoms with Gasteiger partial charge in [-0.05, 0) is 56.0 Å². The lowest BCUT2D eigenvalue weighted by Crippen LogP contribution is -2.64. The van der Waals surface area contributed by atoms with Crippen LogP contribution in [0, 0.1) is 17.8 Å². The summed E-state index contributed by atoms with van der Waals surface area (Å²) in [7, 11) is 0. The fraction of sp³-hybridized carbons (Fsp3) is 0.583. The van der Waals surface area contributed by atoms with Crippen LogP contribution in [0.1, 0.15) is 31.9 Å². The number of halogens is 4. The molecule has 1 aliphatic carbocycles. The summed E-state index contributed by atoms with van der Waals surface area (Å²) in [6, 6.07) is 4.29. The molecule has 0 bridgehead atoms. The molecule has 1 saturated carbocycles. The number of fused-ring (bicyclic) bond motifs is 1. The molecule has 36 heavy (non-hydrogen) atoms. The third-order valence-corrected chi connectivity index (χ3v) is 7.64. The summed E-state index contributed by atoms with van der Waals surface area (Å²) < 4.78 is 61.8. The van der Waals surface area contributed by atoms with Gasteiger partial charge in [0.05, 0.1) is 41.8 Å². The van der Waals surface area contributed by atoms with E-state index in [9.17, 15) is 18.0 Å². The van der Waals surface area contributed by atoms with E-state index in [0.29, 0.717) is 32.0 Å². The summed E-state index contributed by atoms with van der Waals surface area (Å²) in [5.41, 5.74) is -4.51. The first kappa shape index (κ1) is 25.2. The van der Waals surface area contributed by atoms with Crippen LogP contribution in [0.2, 0.25) is 0 Å². The van der Waals surface area contributed by atoms with Crippen molar-refractivity contribution in [1.29, 1.82) is 0 Å². The molecule has 2 saturated heterocycles. The minimum Gasteiger partial charge on any atom is -0.377 e. The summed E-state index contributed by atoms with van der Waals surface area (Å²) in [6.07, 6.45) is 1.06. The molecule has 2 aromatic rings. The monoisotopic (exact) mass is 525 g/mol. The highest BCUT2D eigenvalue weighted by Crippen LogP contribution is 2.41. The Morgan fingerprint density at radius 1 is 1.31 bits per heavy atom. The van der Waals surface area contributed by atoms with E-state index >= 15 is 4.39 Å². The van der Waals surface area contributed by atoms with Crippen LogP contribution >= 0.6 is 11.8 Å². The average Bonchev–Trinajstić information content (AvgIpc) is 3.60. The summed E-state index contributed by atoms with van der Waals surface area (Å²) in [6.45, 7) is 4.19. The SMILES string of the molecule is CC1(N2CC[C@@H](Nc3cccc4c(SC(F)(F)F)c(C#CCNC(=O)C5CC5)nn34)[C@@H](F)C2)COC1. The number of hydrogen-bond donors (Lipinski definition) is 2. The molecule has 0 aromatic carbocycles. The second-order valence-electron chi connectivity index (χ2n) is 9.72. The molecule has 5 rings (SSSR count).